The maximum Gasteiger partial charge on any atom is 0.333 e. The number of nitrogens with zero attached hydrogens (tertiary/aromatic N) is 1. The molecular weight excluding hydrogens is 356 g/mol. The number of amides is 1. The van der Waals surface area contributed by atoms with Crippen molar-refractivity contribution >= 4 is 17.6 Å². The number of methoxy groups -OCH3 is 1. The van der Waals surface area contributed by atoms with E-state index in [0.717, 1.165) is 0 Å². The predicted molar refractivity (Wildman–Crippen MR) is 97.8 cm³/mol. The number of benzene rings is 1. The molecule has 1 N–H and O–H groups in total. The fraction of sp³-hybridized carbons (Fsp3) is 0.444. The number of rotatable bonds is 10. The molecule has 27 heavy (non-hydrogen) atoms. The zero-order valence-corrected chi connectivity index (χ0v) is 15.9. The Labute approximate surface area is 157 Å². The molecule has 0 bridgehead atoms. The Morgan fingerprint density at radius 3 is 2.52 bits per heavy atom. The molecule has 1 atom stereocenters. The van der Waals surface area contributed by atoms with E-state index in [9.17, 15) is 19.7 Å². The number of hydrogen-bond donors (Lipinski definition) is 1. The molecule has 0 saturated carbocycles. The third-order valence-electron chi connectivity index (χ3n) is 3.66. The molecule has 0 aromatic heterocycles. The SMILES string of the molecule is C=C(C)C(=O)OC(C)c1cc(OC)c(OCCCC(=O)NC)cc1[N+](=O)[O-]. The Morgan fingerprint density at radius 2 is 2.00 bits per heavy atom. The molecule has 0 fully saturated rings. The van der Waals surface area contributed by atoms with Crippen LogP contribution < -0.4 is 14.8 Å². The van der Waals surface area contributed by atoms with Crippen LogP contribution in [0.5, 0.6) is 11.5 Å². The van der Waals surface area contributed by atoms with Gasteiger partial charge in [0.15, 0.2) is 11.5 Å². The Bertz CT molecular complexity index is 731. The fourth-order valence-corrected chi connectivity index (χ4v) is 2.19. The summed E-state index contributed by atoms with van der Waals surface area (Å²) in [5.41, 5.74) is 0.0933. The molecule has 0 aliphatic carbocycles. The second-order valence-electron chi connectivity index (χ2n) is 5.77. The molecule has 1 aromatic rings. The summed E-state index contributed by atoms with van der Waals surface area (Å²) in [6, 6.07) is 2.63. The van der Waals surface area contributed by atoms with Crippen molar-refractivity contribution in [3.05, 3.63) is 40.0 Å². The van der Waals surface area contributed by atoms with Crippen LogP contribution in [-0.4, -0.2) is 37.6 Å². The molecule has 0 aliphatic heterocycles. The predicted octanol–water partition coefficient (Wildman–Crippen LogP) is 2.69. The van der Waals surface area contributed by atoms with Crippen LogP contribution in [0.1, 0.15) is 38.4 Å². The second kappa shape index (κ2) is 10.1. The number of hydrogen-bond acceptors (Lipinski definition) is 7. The first kappa shape index (κ1) is 21.9. The lowest BCUT2D eigenvalue weighted by Crippen LogP contribution is -2.18. The summed E-state index contributed by atoms with van der Waals surface area (Å²) in [5.74, 6) is -0.345. The monoisotopic (exact) mass is 380 g/mol. The van der Waals surface area contributed by atoms with Crippen LogP contribution in [0, 0.1) is 10.1 Å². The van der Waals surface area contributed by atoms with E-state index in [1.54, 1.807) is 0 Å². The molecule has 0 spiro atoms. The van der Waals surface area contributed by atoms with Crippen molar-refractivity contribution in [2.24, 2.45) is 0 Å². The van der Waals surface area contributed by atoms with E-state index in [0.29, 0.717) is 6.42 Å². The maximum atomic E-state index is 11.7. The second-order valence-corrected chi connectivity index (χ2v) is 5.77. The Balaban J connectivity index is 3.06. The van der Waals surface area contributed by atoms with E-state index in [-0.39, 0.29) is 47.3 Å². The molecule has 9 heteroatoms. The average molecular weight is 380 g/mol. The highest BCUT2D eigenvalue weighted by Crippen LogP contribution is 2.38. The summed E-state index contributed by atoms with van der Waals surface area (Å²) >= 11 is 0. The number of nitrogens with one attached hydrogen (secondary N) is 1. The minimum atomic E-state index is -0.884. The van der Waals surface area contributed by atoms with Gasteiger partial charge in [0.05, 0.1) is 30.3 Å². The van der Waals surface area contributed by atoms with Crippen LogP contribution in [0.3, 0.4) is 0 Å². The number of nitro groups is 1. The van der Waals surface area contributed by atoms with Crippen molar-refractivity contribution in [2.45, 2.75) is 32.8 Å². The van der Waals surface area contributed by atoms with Gasteiger partial charge in [0, 0.05) is 19.0 Å². The van der Waals surface area contributed by atoms with Crippen molar-refractivity contribution in [3.63, 3.8) is 0 Å². The molecule has 148 valence electrons. The van der Waals surface area contributed by atoms with Crippen LogP contribution in [-0.2, 0) is 14.3 Å². The van der Waals surface area contributed by atoms with Crippen molar-refractivity contribution in [1.82, 2.24) is 5.32 Å². The summed E-state index contributed by atoms with van der Waals surface area (Å²) in [6.07, 6.45) is -0.177. The van der Waals surface area contributed by atoms with Gasteiger partial charge < -0.3 is 19.5 Å². The highest BCUT2D eigenvalue weighted by Gasteiger charge is 2.26. The fourth-order valence-electron chi connectivity index (χ4n) is 2.19. The van der Waals surface area contributed by atoms with E-state index in [2.05, 4.69) is 11.9 Å². The number of nitro benzene ring substituents is 1. The normalized spacial score (nSPS) is 11.3. The van der Waals surface area contributed by atoms with Crippen molar-refractivity contribution in [2.75, 3.05) is 20.8 Å². The average Bonchev–Trinajstić information content (AvgIpc) is 2.63. The largest absolute Gasteiger partial charge is 0.493 e. The highest BCUT2D eigenvalue weighted by molar-refractivity contribution is 5.87. The summed E-state index contributed by atoms with van der Waals surface area (Å²) in [6.45, 7) is 6.67. The van der Waals surface area contributed by atoms with E-state index < -0.39 is 17.0 Å². The van der Waals surface area contributed by atoms with Gasteiger partial charge in [-0.05, 0) is 26.3 Å². The van der Waals surface area contributed by atoms with Crippen molar-refractivity contribution in [1.29, 1.82) is 0 Å². The van der Waals surface area contributed by atoms with E-state index >= 15 is 0 Å². The van der Waals surface area contributed by atoms with E-state index in [1.807, 2.05) is 0 Å². The maximum absolute atomic E-state index is 11.7. The van der Waals surface area contributed by atoms with Crippen LogP contribution in [0.2, 0.25) is 0 Å². The highest BCUT2D eigenvalue weighted by atomic mass is 16.6. The summed E-state index contributed by atoms with van der Waals surface area (Å²) in [5, 5.41) is 14.0. The first-order chi connectivity index (χ1) is 12.7. The standard InChI is InChI=1S/C18H24N2O7/c1-11(2)18(22)27-12(3)13-9-15(25-5)16(10-14(13)20(23)24)26-8-6-7-17(21)19-4/h9-10,12H,1,6-8H2,2-5H3,(H,19,21). The van der Waals surface area contributed by atoms with Gasteiger partial charge in [-0.3, -0.25) is 14.9 Å². The zero-order chi connectivity index (χ0) is 20.6. The number of carbonyl (C=O) groups excluding carboxylic acids is 2. The Morgan fingerprint density at radius 1 is 1.33 bits per heavy atom. The van der Waals surface area contributed by atoms with E-state index in [4.69, 9.17) is 14.2 Å². The molecule has 0 saturated heterocycles. The molecular formula is C18H24N2O7. The number of carbonyl (C=O) groups is 2. The van der Waals surface area contributed by atoms with Gasteiger partial charge in [-0.15, -0.1) is 0 Å². The van der Waals surface area contributed by atoms with Crippen LogP contribution in [0.4, 0.5) is 5.69 Å². The van der Waals surface area contributed by atoms with Crippen LogP contribution >= 0.6 is 0 Å². The third kappa shape index (κ3) is 6.28. The molecule has 1 unspecified atom stereocenters. The molecule has 1 aromatic carbocycles. The summed E-state index contributed by atoms with van der Waals surface area (Å²) < 4.78 is 16.0. The Hall–Kier alpha value is -3.10. The zero-order valence-electron chi connectivity index (χ0n) is 15.9. The lowest BCUT2D eigenvalue weighted by atomic mass is 10.1. The first-order valence-electron chi connectivity index (χ1n) is 8.27. The lowest BCUT2D eigenvalue weighted by molar-refractivity contribution is -0.386. The minimum Gasteiger partial charge on any atom is -0.493 e. The van der Waals surface area contributed by atoms with Crippen LogP contribution in [0.15, 0.2) is 24.3 Å². The molecule has 0 aliphatic rings. The molecule has 1 amide bonds. The lowest BCUT2D eigenvalue weighted by Gasteiger charge is -2.17. The van der Waals surface area contributed by atoms with Gasteiger partial charge in [-0.1, -0.05) is 6.58 Å². The Kier molecular flexibility index (Phi) is 8.25. The smallest absolute Gasteiger partial charge is 0.333 e. The minimum absolute atomic E-state index is 0.125. The number of ether oxygens (including phenoxy) is 3. The molecule has 0 heterocycles. The third-order valence-corrected chi connectivity index (χ3v) is 3.66. The van der Waals surface area contributed by atoms with Crippen molar-refractivity contribution < 1.29 is 28.7 Å². The van der Waals surface area contributed by atoms with Gasteiger partial charge in [-0.25, -0.2) is 4.79 Å². The quantitative estimate of drug-likeness (QED) is 0.218. The molecule has 1 rings (SSSR count). The summed E-state index contributed by atoms with van der Waals surface area (Å²) in [4.78, 5) is 33.8. The summed E-state index contributed by atoms with van der Waals surface area (Å²) in [7, 11) is 2.93. The molecule has 9 nitrogen and oxygen atoms in total. The van der Waals surface area contributed by atoms with Crippen LogP contribution in [0.25, 0.3) is 0 Å². The van der Waals surface area contributed by atoms with Gasteiger partial charge in [0.1, 0.15) is 6.10 Å². The topological polar surface area (TPSA) is 117 Å². The van der Waals surface area contributed by atoms with Gasteiger partial charge in [0.2, 0.25) is 5.91 Å². The van der Waals surface area contributed by atoms with Gasteiger partial charge >= 0.3 is 5.97 Å². The first-order valence-corrected chi connectivity index (χ1v) is 8.27. The van der Waals surface area contributed by atoms with Gasteiger partial charge in [-0.2, -0.15) is 0 Å². The van der Waals surface area contributed by atoms with Gasteiger partial charge in [0.25, 0.3) is 5.69 Å². The number of esters is 1. The van der Waals surface area contributed by atoms with Crippen molar-refractivity contribution in [3.8, 4) is 11.5 Å². The molecule has 0 radical (unpaired) electrons. The van der Waals surface area contributed by atoms with E-state index in [1.165, 1.54) is 40.1 Å².